The van der Waals surface area contributed by atoms with Crippen LogP contribution in [0.5, 0.6) is 0 Å². The summed E-state index contributed by atoms with van der Waals surface area (Å²) in [5, 5.41) is 5.77. The van der Waals surface area contributed by atoms with Gasteiger partial charge in [0.25, 0.3) is 11.8 Å². The Morgan fingerprint density at radius 1 is 1.00 bits per heavy atom. The van der Waals surface area contributed by atoms with E-state index in [1.807, 2.05) is 63.2 Å². The van der Waals surface area contributed by atoms with Gasteiger partial charge in [-0.05, 0) is 43.2 Å². The van der Waals surface area contributed by atoms with Crippen molar-refractivity contribution in [2.45, 2.75) is 20.3 Å². The van der Waals surface area contributed by atoms with E-state index in [-0.39, 0.29) is 11.8 Å². The van der Waals surface area contributed by atoms with Crippen molar-refractivity contribution in [3.8, 4) is 0 Å². The normalized spacial score (nSPS) is 10.2. The van der Waals surface area contributed by atoms with Crippen molar-refractivity contribution in [2.24, 2.45) is 0 Å². The first kappa shape index (κ1) is 18.5. The largest absolute Gasteiger partial charge is 0.377 e. The Bertz CT molecular complexity index is 769. The fourth-order valence-electron chi connectivity index (χ4n) is 2.55. The molecule has 0 spiro atoms. The second kappa shape index (κ2) is 8.33. The zero-order chi connectivity index (χ0) is 18.4. The second-order valence-corrected chi connectivity index (χ2v) is 6.15. The monoisotopic (exact) mass is 339 g/mol. The molecule has 0 unspecified atom stereocenters. The molecule has 0 bridgehead atoms. The van der Waals surface area contributed by atoms with Crippen molar-refractivity contribution in [2.75, 3.05) is 30.9 Å². The molecule has 0 heterocycles. The van der Waals surface area contributed by atoms with Gasteiger partial charge < -0.3 is 15.5 Å². The zero-order valence-corrected chi connectivity index (χ0v) is 15.2. The molecule has 0 aromatic heterocycles. The van der Waals surface area contributed by atoms with Crippen LogP contribution in [-0.4, -0.2) is 32.5 Å². The molecule has 0 atom stereocenters. The minimum absolute atomic E-state index is 0.141. The van der Waals surface area contributed by atoms with E-state index in [9.17, 15) is 9.59 Å². The highest BCUT2D eigenvalue weighted by Gasteiger charge is 2.15. The van der Waals surface area contributed by atoms with Gasteiger partial charge in [0.05, 0.1) is 5.56 Å². The van der Waals surface area contributed by atoms with Crippen LogP contribution in [0.1, 0.15) is 39.6 Å². The van der Waals surface area contributed by atoms with Gasteiger partial charge in [-0.2, -0.15) is 0 Å². The molecule has 2 aromatic carbocycles. The molecule has 0 aliphatic carbocycles. The topological polar surface area (TPSA) is 61.4 Å². The molecular weight excluding hydrogens is 314 g/mol. The van der Waals surface area contributed by atoms with E-state index in [2.05, 4.69) is 10.6 Å². The lowest BCUT2D eigenvalue weighted by molar-refractivity contribution is 0.0952. The van der Waals surface area contributed by atoms with Crippen molar-refractivity contribution < 1.29 is 9.59 Å². The Labute approximate surface area is 149 Å². The summed E-state index contributed by atoms with van der Waals surface area (Å²) in [6.45, 7) is 4.52. The van der Waals surface area contributed by atoms with E-state index in [0.717, 1.165) is 17.7 Å². The van der Waals surface area contributed by atoms with Crippen LogP contribution in [-0.2, 0) is 0 Å². The van der Waals surface area contributed by atoms with Gasteiger partial charge in [-0.25, -0.2) is 0 Å². The second-order valence-electron chi connectivity index (χ2n) is 6.15. The molecule has 0 aliphatic rings. The van der Waals surface area contributed by atoms with E-state index in [1.165, 1.54) is 0 Å². The van der Waals surface area contributed by atoms with Gasteiger partial charge in [0.2, 0.25) is 0 Å². The van der Waals surface area contributed by atoms with Crippen LogP contribution < -0.4 is 15.5 Å². The van der Waals surface area contributed by atoms with Crippen LogP contribution in [0.2, 0.25) is 0 Å². The molecular formula is C20H25N3O2. The van der Waals surface area contributed by atoms with Gasteiger partial charge in [-0.1, -0.05) is 25.1 Å². The number of rotatable bonds is 6. The lowest BCUT2D eigenvalue weighted by Gasteiger charge is -2.18. The number of carbonyl (C=O) groups is 2. The minimum atomic E-state index is -0.185. The first-order valence-corrected chi connectivity index (χ1v) is 8.40. The van der Waals surface area contributed by atoms with E-state index >= 15 is 0 Å². The van der Waals surface area contributed by atoms with Crippen LogP contribution in [0.3, 0.4) is 0 Å². The highest BCUT2D eigenvalue weighted by atomic mass is 16.2. The average Bonchev–Trinajstić information content (AvgIpc) is 2.59. The summed E-state index contributed by atoms with van der Waals surface area (Å²) in [4.78, 5) is 26.8. The molecule has 0 saturated carbocycles. The quantitative estimate of drug-likeness (QED) is 0.847. The first-order valence-electron chi connectivity index (χ1n) is 8.40. The Kier molecular flexibility index (Phi) is 6.17. The number of amides is 2. The lowest BCUT2D eigenvalue weighted by atomic mass is 10.1. The standard InChI is InChI=1S/C20H25N3O2/c1-5-12-21-19(24)17-13-15(10-11-18(17)23(3)4)22-20(25)16-9-7-6-8-14(16)2/h6-11,13H,5,12H2,1-4H3,(H,21,24)(H,22,25). The van der Waals surface area contributed by atoms with Crippen LogP contribution >= 0.6 is 0 Å². The van der Waals surface area contributed by atoms with Gasteiger partial charge >= 0.3 is 0 Å². The first-order chi connectivity index (χ1) is 11.9. The van der Waals surface area contributed by atoms with Gasteiger partial charge in [-0.15, -0.1) is 0 Å². The molecule has 0 saturated heterocycles. The fourth-order valence-corrected chi connectivity index (χ4v) is 2.55. The van der Waals surface area contributed by atoms with Crippen molar-refractivity contribution in [1.29, 1.82) is 0 Å². The summed E-state index contributed by atoms with van der Waals surface area (Å²) in [6, 6.07) is 12.8. The SMILES string of the molecule is CCCNC(=O)c1cc(NC(=O)c2ccccc2C)ccc1N(C)C. The van der Waals surface area contributed by atoms with Gasteiger partial charge in [-0.3, -0.25) is 9.59 Å². The third-order valence-electron chi connectivity index (χ3n) is 3.91. The number of hydrogen-bond acceptors (Lipinski definition) is 3. The number of nitrogens with one attached hydrogen (secondary N) is 2. The van der Waals surface area contributed by atoms with Gasteiger partial charge in [0.15, 0.2) is 0 Å². The van der Waals surface area contributed by atoms with Crippen molar-refractivity contribution >= 4 is 23.2 Å². The van der Waals surface area contributed by atoms with Crippen LogP contribution in [0.4, 0.5) is 11.4 Å². The number of nitrogens with zero attached hydrogens (tertiary/aromatic N) is 1. The molecule has 2 N–H and O–H groups in total. The average molecular weight is 339 g/mol. The summed E-state index contributed by atoms with van der Waals surface area (Å²) in [5.41, 5.74) is 3.48. The van der Waals surface area contributed by atoms with Crippen LogP contribution in [0.15, 0.2) is 42.5 Å². The molecule has 0 aliphatic heterocycles. The Morgan fingerprint density at radius 2 is 1.72 bits per heavy atom. The highest BCUT2D eigenvalue weighted by Crippen LogP contribution is 2.23. The Morgan fingerprint density at radius 3 is 2.36 bits per heavy atom. The minimum Gasteiger partial charge on any atom is -0.377 e. The smallest absolute Gasteiger partial charge is 0.255 e. The van der Waals surface area contributed by atoms with E-state index in [0.29, 0.717) is 23.4 Å². The molecule has 2 rings (SSSR count). The third kappa shape index (κ3) is 4.59. The van der Waals surface area contributed by atoms with Gasteiger partial charge in [0.1, 0.15) is 0 Å². The molecule has 5 heteroatoms. The van der Waals surface area contributed by atoms with Crippen LogP contribution in [0, 0.1) is 6.92 Å². The highest BCUT2D eigenvalue weighted by molar-refractivity contribution is 6.07. The number of aryl methyl sites for hydroxylation is 1. The number of anilines is 2. The fraction of sp³-hybridized carbons (Fsp3) is 0.300. The third-order valence-corrected chi connectivity index (χ3v) is 3.91. The lowest BCUT2D eigenvalue weighted by Crippen LogP contribution is -2.26. The maximum absolute atomic E-state index is 12.5. The molecule has 5 nitrogen and oxygen atoms in total. The molecule has 0 fully saturated rings. The van der Waals surface area contributed by atoms with Crippen molar-refractivity contribution in [1.82, 2.24) is 5.32 Å². The molecule has 25 heavy (non-hydrogen) atoms. The van der Waals surface area contributed by atoms with Crippen molar-refractivity contribution in [3.63, 3.8) is 0 Å². The Balaban J connectivity index is 2.28. The summed E-state index contributed by atoms with van der Waals surface area (Å²) >= 11 is 0. The predicted octanol–water partition coefficient (Wildman–Crippen LogP) is 3.45. The Hall–Kier alpha value is -2.82. The number of hydrogen-bond donors (Lipinski definition) is 2. The summed E-state index contributed by atoms with van der Waals surface area (Å²) < 4.78 is 0. The predicted molar refractivity (Wildman–Crippen MR) is 103 cm³/mol. The molecule has 0 radical (unpaired) electrons. The summed E-state index contributed by atoms with van der Waals surface area (Å²) in [5.74, 6) is -0.326. The van der Waals surface area contributed by atoms with E-state index < -0.39 is 0 Å². The maximum Gasteiger partial charge on any atom is 0.255 e. The van der Waals surface area contributed by atoms with Crippen molar-refractivity contribution in [3.05, 3.63) is 59.2 Å². The molecule has 2 aromatic rings. The van der Waals surface area contributed by atoms with Crippen LogP contribution in [0.25, 0.3) is 0 Å². The summed E-state index contributed by atoms with van der Waals surface area (Å²) in [6.07, 6.45) is 0.868. The number of carbonyl (C=O) groups excluding carboxylic acids is 2. The molecule has 2 amide bonds. The summed E-state index contributed by atoms with van der Waals surface area (Å²) in [7, 11) is 3.77. The molecule has 132 valence electrons. The zero-order valence-electron chi connectivity index (χ0n) is 15.2. The van der Waals surface area contributed by atoms with E-state index in [4.69, 9.17) is 0 Å². The van der Waals surface area contributed by atoms with Gasteiger partial charge in [0, 0.05) is 37.6 Å². The number of benzene rings is 2. The van der Waals surface area contributed by atoms with E-state index in [1.54, 1.807) is 12.1 Å². The maximum atomic E-state index is 12.5.